The van der Waals surface area contributed by atoms with Crippen LogP contribution in [0.15, 0.2) is 30.6 Å². The molecule has 2 heterocycles. The number of carbonyl (C=O) groups excluding carboxylic acids is 1. The lowest BCUT2D eigenvalue weighted by atomic mass is 10.0. The minimum absolute atomic E-state index is 0.0862. The van der Waals surface area contributed by atoms with Crippen LogP contribution in [0.2, 0.25) is 0 Å². The maximum Gasteiger partial charge on any atom is 0.253 e. The van der Waals surface area contributed by atoms with Gasteiger partial charge in [-0.3, -0.25) is 4.79 Å². The summed E-state index contributed by atoms with van der Waals surface area (Å²) in [6.45, 7) is 1.57. The van der Waals surface area contributed by atoms with Gasteiger partial charge < -0.3 is 14.2 Å². The second kappa shape index (κ2) is 6.17. The summed E-state index contributed by atoms with van der Waals surface area (Å²) in [5.74, 6) is 2.27. The molecule has 1 aromatic heterocycles. The molecule has 116 valence electrons. The third kappa shape index (κ3) is 2.95. The summed E-state index contributed by atoms with van der Waals surface area (Å²) in [4.78, 5) is 14.4. The van der Waals surface area contributed by atoms with Crippen LogP contribution in [-0.4, -0.2) is 45.8 Å². The third-order valence-electron chi connectivity index (χ3n) is 4.19. The minimum Gasteiger partial charge on any atom is -0.497 e. The van der Waals surface area contributed by atoms with E-state index in [1.807, 2.05) is 40.8 Å². The predicted molar refractivity (Wildman–Crippen MR) is 81.7 cm³/mol. The molecule has 1 saturated heterocycles. The number of aromatic nitrogens is 3. The van der Waals surface area contributed by atoms with E-state index in [1.165, 1.54) is 0 Å². The van der Waals surface area contributed by atoms with E-state index < -0.39 is 0 Å². The van der Waals surface area contributed by atoms with Crippen molar-refractivity contribution in [2.24, 2.45) is 13.0 Å². The van der Waals surface area contributed by atoms with Crippen molar-refractivity contribution in [3.63, 3.8) is 0 Å². The van der Waals surface area contributed by atoms with Crippen LogP contribution < -0.4 is 4.74 Å². The number of hydrogen-bond donors (Lipinski definition) is 0. The lowest BCUT2D eigenvalue weighted by Crippen LogP contribution is -2.29. The van der Waals surface area contributed by atoms with Gasteiger partial charge in [0.05, 0.1) is 7.11 Å². The Kier molecular flexibility index (Phi) is 4.09. The highest BCUT2D eigenvalue weighted by atomic mass is 16.5. The van der Waals surface area contributed by atoms with Crippen molar-refractivity contribution < 1.29 is 9.53 Å². The van der Waals surface area contributed by atoms with Gasteiger partial charge in [0.15, 0.2) is 0 Å². The fourth-order valence-electron chi connectivity index (χ4n) is 2.85. The van der Waals surface area contributed by atoms with Crippen LogP contribution >= 0.6 is 0 Å². The zero-order chi connectivity index (χ0) is 15.5. The molecule has 0 saturated carbocycles. The SMILES string of the molecule is COc1ccc(C(=O)N2CCC(Cc3nncn3C)C2)cc1. The van der Waals surface area contributed by atoms with Crippen LogP contribution in [0.5, 0.6) is 5.75 Å². The molecule has 3 rings (SSSR count). The van der Waals surface area contributed by atoms with E-state index >= 15 is 0 Å². The standard InChI is InChI=1S/C16H20N4O2/c1-19-11-17-18-15(19)9-12-7-8-20(10-12)16(21)13-3-5-14(22-2)6-4-13/h3-6,11-12H,7-10H2,1-2H3. The first kappa shape index (κ1) is 14.6. The van der Waals surface area contributed by atoms with Gasteiger partial charge in [-0.15, -0.1) is 10.2 Å². The number of carbonyl (C=O) groups is 1. The number of rotatable bonds is 4. The second-order valence-corrected chi connectivity index (χ2v) is 5.70. The molecule has 6 nitrogen and oxygen atoms in total. The van der Waals surface area contributed by atoms with Crippen molar-refractivity contribution in [3.05, 3.63) is 42.0 Å². The van der Waals surface area contributed by atoms with Crippen LogP contribution in [0.1, 0.15) is 22.6 Å². The number of ether oxygens (including phenoxy) is 1. The molecule has 1 fully saturated rings. The van der Waals surface area contributed by atoms with Gasteiger partial charge in [0.1, 0.15) is 17.9 Å². The quantitative estimate of drug-likeness (QED) is 0.859. The monoisotopic (exact) mass is 300 g/mol. The topological polar surface area (TPSA) is 60.2 Å². The summed E-state index contributed by atoms with van der Waals surface area (Å²) in [7, 11) is 3.57. The van der Waals surface area contributed by atoms with Gasteiger partial charge in [0, 0.05) is 32.1 Å². The summed E-state index contributed by atoms with van der Waals surface area (Å²) in [5, 5.41) is 8.02. The second-order valence-electron chi connectivity index (χ2n) is 5.70. The molecule has 1 amide bonds. The molecule has 1 unspecified atom stereocenters. The van der Waals surface area contributed by atoms with E-state index in [0.29, 0.717) is 11.5 Å². The van der Waals surface area contributed by atoms with Crippen molar-refractivity contribution in [1.29, 1.82) is 0 Å². The highest BCUT2D eigenvalue weighted by Crippen LogP contribution is 2.22. The molecule has 1 atom stereocenters. The Hall–Kier alpha value is -2.37. The molecule has 6 heteroatoms. The number of benzene rings is 1. The number of likely N-dealkylation sites (tertiary alicyclic amines) is 1. The average Bonchev–Trinajstić information content (AvgIpc) is 3.17. The van der Waals surface area contributed by atoms with Crippen LogP contribution in [0.25, 0.3) is 0 Å². The highest BCUT2D eigenvalue weighted by Gasteiger charge is 2.28. The molecule has 2 aromatic rings. The first-order valence-electron chi connectivity index (χ1n) is 7.43. The van der Waals surface area contributed by atoms with Crippen LogP contribution in [0, 0.1) is 5.92 Å². The van der Waals surface area contributed by atoms with E-state index in [9.17, 15) is 4.79 Å². The maximum absolute atomic E-state index is 12.5. The Labute approximate surface area is 129 Å². The highest BCUT2D eigenvalue weighted by molar-refractivity contribution is 5.94. The first-order chi connectivity index (χ1) is 10.7. The third-order valence-corrected chi connectivity index (χ3v) is 4.19. The molecule has 0 bridgehead atoms. The van der Waals surface area contributed by atoms with E-state index in [1.54, 1.807) is 13.4 Å². The lowest BCUT2D eigenvalue weighted by Gasteiger charge is -2.16. The number of aryl methyl sites for hydroxylation is 1. The molecular formula is C16H20N4O2. The van der Waals surface area contributed by atoms with Crippen LogP contribution in [-0.2, 0) is 13.5 Å². The van der Waals surface area contributed by atoms with Crippen LogP contribution in [0.3, 0.4) is 0 Å². The Morgan fingerprint density at radius 3 is 2.77 bits per heavy atom. The summed E-state index contributed by atoms with van der Waals surface area (Å²) in [6, 6.07) is 7.27. The summed E-state index contributed by atoms with van der Waals surface area (Å²) < 4.78 is 7.06. The minimum atomic E-state index is 0.0862. The molecule has 0 spiro atoms. The zero-order valence-corrected chi connectivity index (χ0v) is 12.9. The Morgan fingerprint density at radius 1 is 1.36 bits per heavy atom. The van der Waals surface area contributed by atoms with Crippen LogP contribution in [0.4, 0.5) is 0 Å². The molecule has 22 heavy (non-hydrogen) atoms. The van der Waals surface area contributed by atoms with Gasteiger partial charge in [0.2, 0.25) is 0 Å². The van der Waals surface area contributed by atoms with E-state index in [-0.39, 0.29) is 5.91 Å². The average molecular weight is 300 g/mol. The van der Waals surface area contributed by atoms with E-state index in [2.05, 4.69) is 10.2 Å². The van der Waals surface area contributed by atoms with Gasteiger partial charge in [-0.2, -0.15) is 0 Å². The van der Waals surface area contributed by atoms with Gasteiger partial charge >= 0.3 is 0 Å². The van der Waals surface area contributed by atoms with Gasteiger partial charge in [0.25, 0.3) is 5.91 Å². The van der Waals surface area contributed by atoms with Crippen molar-refractivity contribution in [1.82, 2.24) is 19.7 Å². The van der Waals surface area contributed by atoms with Gasteiger partial charge in [-0.25, -0.2) is 0 Å². The van der Waals surface area contributed by atoms with Gasteiger partial charge in [-0.05, 0) is 36.6 Å². The van der Waals surface area contributed by atoms with Gasteiger partial charge in [-0.1, -0.05) is 0 Å². The summed E-state index contributed by atoms with van der Waals surface area (Å²) in [6.07, 6.45) is 3.59. The molecule has 1 aliphatic heterocycles. The summed E-state index contributed by atoms with van der Waals surface area (Å²) >= 11 is 0. The first-order valence-corrected chi connectivity index (χ1v) is 7.43. The van der Waals surface area contributed by atoms with Crippen molar-refractivity contribution in [2.45, 2.75) is 12.8 Å². The van der Waals surface area contributed by atoms with Crippen molar-refractivity contribution in [2.75, 3.05) is 20.2 Å². The zero-order valence-electron chi connectivity index (χ0n) is 12.9. The maximum atomic E-state index is 12.5. The fraction of sp³-hybridized carbons (Fsp3) is 0.438. The molecule has 0 radical (unpaired) electrons. The molecule has 0 aliphatic carbocycles. The lowest BCUT2D eigenvalue weighted by molar-refractivity contribution is 0.0787. The summed E-state index contributed by atoms with van der Waals surface area (Å²) in [5.41, 5.74) is 0.708. The number of nitrogens with zero attached hydrogens (tertiary/aromatic N) is 4. The number of methoxy groups -OCH3 is 1. The number of hydrogen-bond acceptors (Lipinski definition) is 4. The molecule has 1 aliphatic rings. The smallest absolute Gasteiger partial charge is 0.253 e. The molecule has 1 aromatic carbocycles. The Morgan fingerprint density at radius 2 is 2.14 bits per heavy atom. The Bertz CT molecular complexity index is 650. The largest absolute Gasteiger partial charge is 0.497 e. The number of amides is 1. The van der Waals surface area contributed by atoms with Crippen molar-refractivity contribution in [3.8, 4) is 5.75 Å². The fourth-order valence-corrected chi connectivity index (χ4v) is 2.85. The Balaban J connectivity index is 1.61. The molecular weight excluding hydrogens is 280 g/mol. The predicted octanol–water partition coefficient (Wildman–Crippen LogP) is 1.53. The van der Waals surface area contributed by atoms with E-state index in [0.717, 1.165) is 37.5 Å². The van der Waals surface area contributed by atoms with E-state index in [4.69, 9.17) is 4.74 Å². The molecule has 0 N–H and O–H groups in total. The van der Waals surface area contributed by atoms with Crippen molar-refractivity contribution >= 4 is 5.91 Å². The normalized spacial score (nSPS) is 17.7.